The third kappa shape index (κ3) is 5.06. The van der Waals surface area contributed by atoms with Crippen LogP contribution in [-0.2, 0) is 17.8 Å². The maximum absolute atomic E-state index is 11.6. The summed E-state index contributed by atoms with van der Waals surface area (Å²) in [5.41, 5.74) is 1.94. The van der Waals surface area contributed by atoms with Crippen molar-refractivity contribution in [3.05, 3.63) is 69.2 Å². The summed E-state index contributed by atoms with van der Waals surface area (Å²) in [6.07, 6.45) is 0.226. The van der Waals surface area contributed by atoms with Gasteiger partial charge in [0.2, 0.25) is 0 Å². The number of carbonyl (C=O) groups is 1. The van der Waals surface area contributed by atoms with E-state index < -0.39 is 6.09 Å². The van der Waals surface area contributed by atoms with E-state index in [0.717, 1.165) is 15.6 Å². The Balaban J connectivity index is 1.73. The second kappa shape index (κ2) is 8.05. The molecule has 21 heavy (non-hydrogen) atoms. The molecular formula is C16H15BrClNO2. The van der Waals surface area contributed by atoms with Crippen molar-refractivity contribution in [2.75, 3.05) is 6.54 Å². The van der Waals surface area contributed by atoms with Crippen molar-refractivity contribution in [2.45, 2.75) is 13.0 Å². The van der Waals surface area contributed by atoms with E-state index in [1.54, 1.807) is 0 Å². The summed E-state index contributed by atoms with van der Waals surface area (Å²) in [5.74, 6) is 0. The molecule has 0 heterocycles. The smallest absolute Gasteiger partial charge is 0.407 e. The molecule has 0 aliphatic carbocycles. The van der Waals surface area contributed by atoms with Crippen LogP contribution in [-0.4, -0.2) is 12.6 Å². The molecule has 5 heteroatoms. The molecule has 0 atom stereocenters. The van der Waals surface area contributed by atoms with E-state index >= 15 is 0 Å². The number of hydrogen-bond acceptors (Lipinski definition) is 2. The zero-order chi connectivity index (χ0) is 15.1. The van der Waals surface area contributed by atoms with E-state index in [1.807, 2.05) is 48.5 Å². The maximum Gasteiger partial charge on any atom is 0.407 e. The van der Waals surface area contributed by atoms with Crippen LogP contribution in [0.15, 0.2) is 53.0 Å². The lowest BCUT2D eigenvalue weighted by Gasteiger charge is -2.08. The monoisotopic (exact) mass is 367 g/mol. The molecule has 0 aliphatic rings. The number of hydrogen-bond donors (Lipinski definition) is 1. The van der Waals surface area contributed by atoms with Crippen LogP contribution in [0, 0.1) is 0 Å². The zero-order valence-electron chi connectivity index (χ0n) is 11.3. The highest BCUT2D eigenvalue weighted by Gasteiger charge is 2.06. The van der Waals surface area contributed by atoms with Crippen LogP contribution in [0.2, 0.25) is 5.02 Å². The Morgan fingerprint density at radius 1 is 1.14 bits per heavy atom. The summed E-state index contributed by atoms with van der Waals surface area (Å²) in [6, 6.07) is 15.3. The predicted octanol–water partition coefficient (Wildman–Crippen LogP) is 4.57. The van der Waals surface area contributed by atoms with Crippen molar-refractivity contribution in [1.29, 1.82) is 0 Å². The summed E-state index contributed by atoms with van der Waals surface area (Å²) >= 11 is 9.53. The molecule has 0 fully saturated rings. The second-order valence-electron chi connectivity index (χ2n) is 4.45. The highest BCUT2D eigenvalue weighted by molar-refractivity contribution is 9.10. The third-order valence-corrected chi connectivity index (χ3v) is 4.24. The van der Waals surface area contributed by atoms with Crippen LogP contribution < -0.4 is 5.32 Å². The minimum atomic E-state index is -0.426. The van der Waals surface area contributed by atoms with Gasteiger partial charge in [0.1, 0.15) is 6.61 Å². The fourth-order valence-electron chi connectivity index (χ4n) is 1.81. The molecule has 0 aliphatic heterocycles. The lowest BCUT2D eigenvalue weighted by molar-refractivity contribution is 0.140. The molecule has 1 N–H and O–H groups in total. The maximum atomic E-state index is 11.6. The molecule has 3 nitrogen and oxygen atoms in total. The molecule has 2 rings (SSSR count). The Morgan fingerprint density at radius 3 is 2.67 bits per heavy atom. The average molecular weight is 369 g/mol. The molecule has 1 amide bonds. The summed E-state index contributed by atoms with van der Waals surface area (Å²) in [6.45, 7) is 0.744. The molecule has 0 spiro atoms. The van der Waals surface area contributed by atoms with Crippen LogP contribution in [0.3, 0.4) is 0 Å². The van der Waals surface area contributed by atoms with Gasteiger partial charge in [0.15, 0.2) is 0 Å². The fourth-order valence-corrected chi connectivity index (χ4v) is 2.44. The average Bonchev–Trinajstić information content (AvgIpc) is 2.50. The predicted molar refractivity (Wildman–Crippen MR) is 87.5 cm³/mol. The van der Waals surface area contributed by atoms with Gasteiger partial charge in [-0.1, -0.05) is 54.1 Å². The van der Waals surface area contributed by atoms with E-state index in [1.165, 1.54) is 0 Å². The Hall–Kier alpha value is -1.52. The Kier molecular flexibility index (Phi) is 6.08. The number of rotatable bonds is 5. The molecule has 0 radical (unpaired) electrons. The van der Waals surface area contributed by atoms with Crippen molar-refractivity contribution in [2.24, 2.45) is 0 Å². The number of benzene rings is 2. The van der Waals surface area contributed by atoms with Gasteiger partial charge in [-0.25, -0.2) is 4.79 Å². The van der Waals surface area contributed by atoms with Gasteiger partial charge in [0, 0.05) is 11.0 Å². The Labute approximate surface area is 137 Å². The molecule has 0 saturated carbocycles. The Morgan fingerprint density at radius 2 is 1.90 bits per heavy atom. The first kappa shape index (κ1) is 15.9. The van der Waals surface area contributed by atoms with Crippen LogP contribution in [0.25, 0.3) is 0 Å². The number of nitrogens with one attached hydrogen (secondary N) is 1. The molecule has 0 unspecified atom stereocenters. The van der Waals surface area contributed by atoms with Gasteiger partial charge < -0.3 is 10.1 Å². The molecule has 0 bridgehead atoms. The highest BCUT2D eigenvalue weighted by atomic mass is 79.9. The number of carbonyl (C=O) groups excluding carboxylic acids is 1. The number of alkyl carbamates (subject to hydrolysis) is 1. The van der Waals surface area contributed by atoms with Crippen LogP contribution >= 0.6 is 27.5 Å². The van der Waals surface area contributed by atoms with E-state index in [9.17, 15) is 4.79 Å². The number of halogens is 2. The van der Waals surface area contributed by atoms with Crippen molar-refractivity contribution in [3.63, 3.8) is 0 Å². The minimum Gasteiger partial charge on any atom is -0.445 e. The van der Waals surface area contributed by atoms with Crippen LogP contribution in [0.5, 0.6) is 0 Å². The molecule has 0 saturated heterocycles. The van der Waals surface area contributed by atoms with E-state index in [0.29, 0.717) is 18.0 Å². The van der Waals surface area contributed by atoms with Gasteiger partial charge in [0.05, 0.1) is 5.02 Å². The van der Waals surface area contributed by atoms with Gasteiger partial charge >= 0.3 is 6.09 Å². The van der Waals surface area contributed by atoms with E-state index in [4.69, 9.17) is 16.3 Å². The fraction of sp³-hybridized carbons (Fsp3) is 0.188. The summed E-state index contributed by atoms with van der Waals surface area (Å²) in [5, 5.41) is 3.39. The summed E-state index contributed by atoms with van der Waals surface area (Å²) in [7, 11) is 0. The van der Waals surface area contributed by atoms with Gasteiger partial charge in [-0.3, -0.25) is 0 Å². The van der Waals surface area contributed by atoms with Gasteiger partial charge in [-0.15, -0.1) is 0 Å². The topological polar surface area (TPSA) is 38.3 Å². The summed E-state index contributed by atoms with van der Waals surface area (Å²) < 4.78 is 5.98. The first-order valence-electron chi connectivity index (χ1n) is 6.54. The van der Waals surface area contributed by atoms with Crippen LogP contribution in [0.4, 0.5) is 4.79 Å². The summed E-state index contributed by atoms with van der Waals surface area (Å²) in [4.78, 5) is 11.6. The van der Waals surface area contributed by atoms with Gasteiger partial charge in [-0.2, -0.15) is 0 Å². The largest absolute Gasteiger partial charge is 0.445 e. The minimum absolute atomic E-state index is 0.268. The SMILES string of the molecule is O=C(NCCc1cccc(Br)c1Cl)OCc1ccccc1. The molecule has 2 aromatic carbocycles. The molecule has 0 aromatic heterocycles. The lowest BCUT2D eigenvalue weighted by Crippen LogP contribution is -2.26. The lowest BCUT2D eigenvalue weighted by atomic mass is 10.1. The third-order valence-electron chi connectivity index (χ3n) is 2.91. The Bertz CT molecular complexity index is 604. The van der Waals surface area contributed by atoms with E-state index in [2.05, 4.69) is 21.2 Å². The molecule has 110 valence electrons. The number of ether oxygens (including phenoxy) is 1. The van der Waals surface area contributed by atoms with Gasteiger partial charge in [-0.05, 0) is 39.5 Å². The molecule has 2 aromatic rings. The van der Waals surface area contributed by atoms with E-state index in [-0.39, 0.29) is 6.61 Å². The van der Waals surface area contributed by atoms with Crippen LogP contribution in [0.1, 0.15) is 11.1 Å². The zero-order valence-corrected chi connectivity index (χ0v) is 13.7. The van der Waals surface area contributed by atoms with Gasteiger partial charge in [0.25, 0.3) is 0 Å². The van der Waals surface area contributed by atoms with Crippen molar-refractivity contribution < 1.29 is 9.53 Å². The van der Waals surface area contributed by atoms with Crippen molar-refractivity contribution >= 4 is 33.6 Å². The second-order valence-corrected chi connectivity index (χ2v) is 5.68. The first-order valence-corrected chi connectivity index (χ1v) is 7.71. The first-order chi connectivity index (χ1) is 10.2. The molecular weight excluding hydrogens is 354 g/mol. The van der Waals surface area contributed by atoms with Crippen molar-refractivity contribution in [3.8, 4) is 0 Å². The van der Waals surface area contributed by atoms with Crippen molar-refractivity contribution in [1.82, 2.24) is 5.32 Å². The highest BCUT2D eigenvalue weighted by Crippen LogP contribution is 2.26. The quantitative estimate of drug-likeness (QED) is 0.839. The normalized spacial score (nSPS) is 10.2. The standard InChI is InChI=1S/C16H15BrClNO2/c17-14-8-4-7-13(15(14)18)9-10-19-16(20)21-11-12-5-2-1-3-6-12/h1-8H,9-11H2,(H,19,20). The number of amides is 1.